The van der Waals surface area contributed by atoms with Crippen molar-refractivity contribution in [3.05, 3.63) is 35.9 Å². The van der Waals surface area contributed by atoms with Gasteiger partial charge in [0.15, 0.2) is 0 Å². The van der Waals surface area contributed by atoms with E-state index in [0.717, 1.165) is 19.4 Å². The third kappa shape index (κ3) is 3.27. The summed E-state index contributed by atoms with van der Waals surface area (Å²) in [6.45, 7) is 2.81. The maximum Gasteiger partial charge on any atom is 0.285 e. The van der Waals surface area contributed by atoms with Crippen LogP contribution in [0, 0.1) is 0 Å². The lowest BCUT2D eigenvalue weighted by Gasteiger charge is -2.35. The van der Waals surface area contributed by atoms with Crippen molar-refractivity contribution < 1.29 is 13.5 Å². The van der Waals surface area contributed by atoms with E-state index >= 15 is 0 Å². The largest absolute Gasteiger partial charge is 0.380 e. The van der Waals surface area contributed by atoms with E-state index < -0.39 is 5.92 Å². The molecule has 1 heterocycles. The number of hydrogen-bond donors (Lipinski definition) is 1. The molecule has 1 fully saturated rings. The highest BCUT2D eigenvalue weighted by atomic mass is 19.3. The van der Waals surface area contributed by atoms with Crippen molar-refractivity contribution in [3.8, 4) is 0 Å². The molecule has 2 nitrogen and oxygen atoms in total. The van der Waals surface area contributed by atoms with Gasteiger partial charge in [0.05, 0.1) is 13.2 Å². The molecule has 1 aliphatic rings. The van der Waals surface area contributed by atoms with Gasteiger partial charge >= 0.3 is 0 Å². The van der Waals surface area contributed by atoms with Crippen LogP contribution >= 0.6 is 0 Å². The van der Waals surface area contributed by atoms with Crippen LogP contribution in [-0.4, -0.2) is 25.3 Å². The molecule has 0 saturated carbocycles. The predicted octanol–water partition coefficient (Wildman–Crippen LogP) is 2.94. The first-order valence-corrected chi connectivity index (χ1v) is 6.28. The molecule has 0 aliphatic carbocycles. The molecule has 18 heavy (non-hydrogen) atoms. The molecular weight excluding hydrogens is 236 g/mol. The lowest BCUT2D eigenvalue weighted by molar-refractivity contribution is -0.0287. The summed E-state index contributed by atoms with van der Waals surface area (Å²) in [5.41, 5.74) is -0.283. The summed E-state index contributed by atoms with van der Waals surface area (Å²) < 4.78 is 33.3. The molecule has 1 saturated heterocycles. The normalized spacial score (nSPS) is 25.1. The van der Waals surface area contributed by atoms with E-state index in [4.69, 9.17) is 4.74 Å². The summed E-state index contributed by atoms with van der Waals surface area (Å²) in [5, 5.41) is 2.96. The minimum Gasteiger partial charge on any atom is -0.380 e. The molecular formula is C14H19F2NO. The molecule has 1 aliphatic heterocycles. The van der Waals surface area contributed by atoms with E-state index in [1.54, 1.807) is 18.2 Å². The first kappa shape index (κ1) is 13.4. The third-order valence-corrected chi connectivity index (χ3v) is 3.37. The Morgan fingerprint density at radius 1 is 1.33 bits per heavy atom. The molecule has 0 spiro atoms. The fourth-order valence-corrected chi connectivity index (χ4v) is 2.18. The Kier molecular flexibility index (Phi) is 3.97. The molecule has 1 N–H and O–H groups in total. The number of rotatable bonds is 4. The first-order chi connectivity index (χ1) is 8.52. The smallest absolute Gasteiger partial charge is 0.285 e. The highest BCUT2D eigenvalue weighted by molar-refractivity contribution is 5.20. The molecule has 0 amide bonds. The van der Waals surface area contributed by atoms with Gasteiger partial charge in [-0.1, -0.05) is 30.3 Å². The van der Waals surface area contributed by atoms with Crippen molar-refractivity contribution in [2.45, 2.75) is 31.2 Å². The summed E-state index contributed by atoms with van der Waals surface area (Å²) in [6.07, 6.45) is 1.79. The van der Waals surface area contributed by atoms with Crippen molar-refractivity contribution in [2.24, 2.45) is 0 Å². The van der Waals surface area contributed by atoms with Crippen molar-refractivity contribution >= 4 is 0 Å². The molecule has 1 aromatic rings. The maximum atomic E-state index is 14.0. The summed E-state index contributed by atoms with van der Waals surface area (Å²) in [4.78, 5) is 0. The van der Waals surface area contributed by atoms with Gasteiger partial charge in [0.2, 0.25) is 0 Å². The number of benzene rings is 1. The Bertz CT molecular complexity index is 375. The lowest BCUT2D eigenvalue weighted by atomic mass is 9.94. The van der Waals surface area contributed by atoms with Gasteiger partial charge in [-0.15, -0.1) is 0 Å². The maximum absolute atomic E-state index is 14.0. The number of hydrogen-bond acceptors (Lipinski definition) is 2. The van der Waals surface area contributed by atoms with Gasteiger partial charge in [-0.05, 0) is 19.8 Å². The van der Waals surface area contributed by atoms with E-state index in [9.17, 15) is 8.78 Å². The van der Waals surface area contributed by atoms with Crippen molar-refractivity contribution in [3.63, 3.8) is 0 Å². The van der Waals surface area contributed by atoms with Gasteiger partial charge in [0.1, 0.15) is 0 Å². The molecule has 0 radical (unpaired) electrons. The lowest BCUT2D eigenvalue weighted by Crippen LogP contribution is -2.52. The number of alkyl halides is 2. The van der Waals surface area contributed by atoms with Gasteiger partial charge < -0.3 is 10.1 Å². The van der Waals surface area contributed by atoms with Gasteiger partial charge in [0.25, 0.3) is 5.92 Å². The Morgan fingerprint density at radius 2 is 2.06 bits per heavy atom. The van der Waals surface area contributed by atoms with Gasteiger partial charge in [-0.2, -0.15) is 8.78 Å². The highest BCUT2D eigenvalue weighted by Gasteiger charge is 2.35. The SMILES string of the molecule is CC1(NCC(F)(F)c2ccccc2)CCCOC1. The van der Waals surface area contributed by atoms with Crippen LogP contribution in [-0.2, 0) is 10.7 Å². The van der Waals surface area contributed by atoms with Crippen LogP contribution in [0.4, 0.5) is 8.78 Å². The molecule has 0 bridgehead atoms. The fraction of sp³-hybridized carbons (Fsp3) is 0.571. The second kappa shape index (κ2) is 5.33. The third-order valence-electron chi connectivity index (χ3n) is 3.37. The van der Waals surface area contributed by atoms with E-state index in [1.165, 1.54) is 12.1 Å². The zero-order valence-corrected chi connectivity index (χ0v) is 10.6. The molecule has 4 heteroatoms. The summed E-state index contributed by atoms with van der Waals surface area (Å²) in [7, 11) is 0. The van der Waals surface area contributed by atoms with E-state index in [-0.39, 0.29) is 17.6 Å². The average molecular weight is 255 g/mol. The number of halogens is 2. The standard InChI is InChI=1S/C14H19F2NO/c1-13(8-5-9-18-11-13)17-10-14(15,16)12-6-3-2-4-7-12/h2-4,6-7,17H,5,8-11H2,1H3. The van der Waals surface area contributed by atoms with Crippen LogP contribution < -0.4 is 5.32 Å². The molecule has 1 atom stereocenters. The number of nitrogens with one attached hydrogen (secondary N) is 1. The van der Waals surface area contributed by atoms with Crippen molar-refractivity contribution in [1.82, 2.24) is 5.32 Å². The second-order valence-corrected chi connectivity index (χ2v) is 5.14. The molecule has 1 unspecified atom stereocenters. The van der Waals surface area contributed by atoms with Crippen molar-refractivity contribution in [1.29, 1.82) is 0 Å². The van der Waals surface area contributed by atoms with E-state index in [1.807, 2.05) is 6.92 Å². The zero-order chi connectivity index (χ0) is 13.1. The van der Waals surface area contributed by atoms with Crippen LogP contribution in [0.1, 0.15) is 25.3 Å². The molecule has 100 valence electrons. The zero-order valence-electron chi connectivity index (χ0n) is 10.6. The van der Waals surface area contributed by atoms with Crippen LogP contribution in [0.3, 0.4) is 0 Å². The van der Waals surface area contributed by atoms with Crippen LogP contribution in [0.25, 0.3) is 0 Å². The van der Waals surface area contributed by atoms with E-state index in [0.29, 0.717) is 6.61 Å². The Morgan fingerprint density at radius 3 is 2.67 bits per heavy atom. The highest BCUT2D eigenvalue weighted by Crippen LogP contribution is 2.28. The fourth-order valence-electron chi connectivity index (χ4n) is 2.18. The minimum absolute atomic E-state index is 0.0535. The Labute approximate surface area is 106 Å². The molecule has 0 aromatic heterocycles. The van der Waals surface area contributed by atoms with Gasteiger partial charge in [-0.3, -0.25) is 0 Å². The van der Waals surface area contributed by atoms with Gasteiger partial charge in [0, 0.05) is 17.7 Å². The van der Waals surface area contributed by atoms with Crippen molar-refractivity contribution in [2.75, 3.05) is 19.8 Å². The Hall–Kier alpha value is -1.00. The topological polar surface area (TPSA) is 21.3 Å². The molecule has 1 aromatic carbocycles. The van der Waals surface area contributed by atoms with Crippen LogP contribution in [0.15, 0.2) is 30.3 Å². The van der Waals surface area contributed by atoms with Crippen LogP contribution in [0.5, 0.6) is 0 Å². The average Bonchev–Trinajstić information content (AvgIpc) is 2.39. The summed E-state index contributed by atoms with van der Waals surface area (Å²) in [6, 6.07) is 7.93. The summed E-state index contributed by atoms with van der Waals surface area (Å²) >= 11 is 0. The summed E-state index contributed by atoms with van der Waals surface area (Å²) in [5.74, 6) is -2.85. The van der Waals surface area contributed by atoms with Gasteiger partial charge in [-0.25, -0.2) is 0 Å². The monoisotopic (exact) mass is 255 g/mol. The van der Waals surface area contributed by atoms with Crippen LogP contribution in [0.2, 0.25) is 0 Å². The quantitative estimate of drug-likeness (QED) is 0.893. The Balaban J connectivity index is 1.96. The van der Waals surface area contributed by atoms with E-state index in [2.05, 4.69) is 5.32 Å². The number of ether oxygens (including phenoxy) is 1. The molecule has 2 rings (SSSR count). The minimum atomic E-state index is -2.85. The second-order valence-electron chi connectivity index (χ2n) is 5.14. The first-order valence-electron chi connectivity index (χ1n) is 6.28. The predicted molar refractivity (Wildman–Crippen MR) is 66.8 cm³/mol.